The third-order valence-electron chi connectivity index (χ3n) is 2.82. The lowest BCUT2D eigenvalue weighted by Crippen LogP contribution is -2.11. The number of thioether (sulfide) groups is 1. The standard InChI is InChI=1S/C13H18N4OS/c1-8-6-9(2)11(15-7-8)12-16-13(18-17-12)10(14)4-5-19-3/h6-7,10H,4-5,14H2,1-3H3/t10-/m1/s1. The summed E-state index contributed by atoms with van der Waals surface area (Å²) in [6.45, 7) is 3.99. The lowest BCUT2D eigenvalue weighted by atomic mass is 10.1. The summed E-state index contributed by atoms with van der Waals surface area (Å²) < 4.78 is 5.23. The molecule has 0 aromatic carbocycles. The van der Waals surface area contributed by atoms with E-state index in [0.29, 0.717) is 11.7 Å². The van der Waals surface area contributed by atoms with Gasteiger partial charge in [0.05, 0.1) is 6.04 Å². The number of nitrogens with zero attached hydrogens (tertiary/aromatic N) is 3. The Labute approximate surface area is 117 Å². The highest BCUT2D eigenvalue weighted by molar-refractivity contribution is 7.98. The molecular weight excluding hydrogens is 260 g/mol. The Morgan fingerprint density at radius 1 is 1.42 bits per heavy atom. The lowest BCUT2D eigenvalue weighted by Gasteiger charge is -2.03. The number of nitrogens with two attached hydrogens (primary N) is 1. The minimum absolute atomic E-state index is 0.209. The van der Waals surface area contributed by atoms with E-state index in [2.05, 4.69) is 15.1 Å². The molecule has 0 spiro atoms. The zero-order chi connectivity index (χ0) is 13.8. The number of hydrogen-bond acceptors (Lipinski definition) is 6. The maximum absolute atomic E-state index is 6.00. The summed E-state index contributed by atoms with van der Waals surface area (Å²) in [6.07, 6.45) is 4.67. The molecule has 0 unspecified atom stereocenters. The van der Waals surface area contributed by atoms with E-state index in [4.69, 9.17) is 10.3 Å². The first kappa shape index (κ1) is 14.0. The van der Waals surface area contributed by atoms with Crippen LogP contribution in [-0.4, -0.2) is 27.1 Å². The molecule has 2 rings (SSSR count). The summed E-state index contributed by atoms with van der Waals surface area (Å²) >= 11 is 1.75. The SMILES string of the molecule is CSCC[C@@H](N)c1nc(-c2ncc(C)cc2C)no1. The maximum atomic E-state index is 6.00. The van der Waals surface area contributed by atoms with Crippen LogP contribution in [-0.2, 0) is 0 Å². The summed E-state index contributed by atoms with van der Waals surface area (Å²) in [5, 5.41) is 3.97. The fourth-order valence-electron chi connectivity index (χ4n) is 1.80. The van der Waals surface area contributed by atoms with Crippen molar-refractivity contribution in [3.63, 3.8) is 0 Å². The number of rotatable bonds is 5. The van der Waals surface area contributed by atoms with Gasteiger partial charge in [-0.05, 0) is 43.4 Å². The van der Waals surface area contributed by atoms with E-state index in [1.165, 1.54) is 0 Å². The normalized spacial score (nSPS) is 12.6. The van der Waals surface area contributed by atoms with Crippen LogP contribution in [0, 0.1) is 13.8 Å². The maximum Gasteiger partial charge on any atom is 0.243 e. The van der Waals surface area contributed by atoms with Gasteiger partial charge >= 0.3 is 0 Å². The first-order chi connectivity index (χ1) is 9.11. The van der Waals surface area contributed by atoms with Crippen molar-refractivity contribution in [3.8, 4) is 11.5 Å². The van der Waals surface area contributed by atoms with Crippen molar-refractivity contribution in [1.82, 2.24) is 15.1 Å². The van der Waals surface area contributed by atoms with E-state index < -0.39 is 0 Å². The fourth-order valence-corrected chi connectivity index (χ4v) is 2.29. The molecule has 2 aromatic rings. The zero-order valence-corrected chi connectivity index (χ0v) is 12.2. The van der Waals surface area contributed by atoms with E-state index in [9.17, 15) is 0 Å². The van der Waals surface area contributed by atoms with Crippen molar-refractivity contribution in [2.24, 2.45) is 5.73 Å². The van der Waals surface area contributed by atoms with E-state index in [-0.39, 0.29) is 6.04 Å². The summed E-state index contributed by atoms with van der Waals surface area (Å²) in [6, 6.07) is 1.84. The van der Waals surface area contributed by atoms with E-state index in [1.54, 1.807) is 18.0 Å². The Balaban J connectivity index is 2.20. The molecule has 0 aliphatic heterocycles. The Morgan fingerprint density at radius 3 is 2.89 bits per heavy atom. The van der Waals surface area contributed by atoms with Gasteiger partial charge < -0.3 is 10.3 Å². The van der Waals surface area contributed by atoms with Crippen molar-refractivity contribution in [2.75, 3.05) is 12.0 Å². The van der Waals surface area contributed by atoms with E-state index >= 15 is 0 Å². The Bertz CT molecular complexity index is 555. The van der Waals surface area contributed by atoms with Crippen LogP contribution in [0.5, 0.6) is 0 Å². The second-order valence-electron chi connectivity index (χ2n) is 4.52. The molecule has 0 radical (unpaired) electrons. The molecule has 2 N–H and O–H groups in total. The largest absolute Gasteiger partial charge is 0.337 e. The predicted octanol–water partition coefficient (Wildman–Crippen LogP) is 2.50. The minimum Gasteiger partial charge on any atom is -0.337 e. The summed E-state index contributed by atoms with van der Waals surface area (Å²) in [5.74, 6) is 1.96. The van der Waals surface area contributed by atoms with Crippen molar-refractivity contribution >= 4 is 11.8 Å². The lowest BCUT2D eigenvalue weighted by molar-refractivity contribution is 0.353. The first-order valence-corrected chi connectivity index (χ1v) is 7.53. The average Bonchev–Trinajstić information content (AvgIpc) is 2.85. The summed E-state index contributed by atoms with van der Waals surface area (Å²) in [7, 11) is 0. The highest BCUT2D eigenvalue weighted by Gasteiger charge is 2.17. The van der Waals surface area contributed by atoms with Crippen LogP contribution in [0.4, 0.5) is 0 Å². The molecule has 0 amide bonds. The topological polar surface area (TPSA) is 77.8 Å². The molecular formula is C13H18N4OS. The molecule has 0 bridgehead atoms. The molecule has 6 heteroatoms. The number of aromatic nitrogens is 3. The Hall–Kier alpha value is -1.40. The molecule has 0 aliphatic carbocycles. The van der Waals surface area contributed by atoms with E-state index in [0.717, 1.165) is 29.0 Å². The average molecular weight is 278 g/mol. The molecule has 2 heterocycles. The number of hydrogen-bond donors (Lipinski definition) is 1. The van der Waals surface area contributed by atoms with Gasteiger partial charge in [-0.2, -0.15) is 16.7 Å². The molecule has 2 aromatic heterocycles. The van der Waals surface area contributed by atoms with Crippen molar-refractivity contribution in [2.45, 2.75) is 26.3 Å². The van der Waals surface area contributed by atoms with Gasteiger partial charge in [-0.25, -0.2) is 0 Å². The van der Waals surface area contributed by atoms with Crippen molar-refractivity contribution < 1.29 is 4.52 Å². The number of aryl methyl sites for hydroxylation is 2. The fraction of sp³-hybridized carbons (Fsp3) is 0.462. The van der Waals surface area contributed by atoms with Gasteiger partial charge in [0, 0.05) is 6.20 Å². The highest BCUT2D eigenvalue weighted by atomic mass is 32.2. The zero-order valence-electron chi connectivity index (χ0n) is 11.4. The molecule has 5 nitrogen and oxygen atoms in total. The predicted molar refractivity (Wildman–Crippen MR) is 76.9 cm³/mol. The monoisotopic (exact) mass is 278 g/mol. The summed E-state index contributed by atoms with van der Waals surface area (Å²) in [4.78, 5) is 8.70. The van der Waals surface area contributed by atoms with Crippen molar-refractivity contribution in [3.05, 3.63) is 29.3 Å². The van der Waals surface area contributed by atoms with Gasteiger partial charge in [0.15, 0.2) is 0 Å². The smallest absolute Gasteiger partial charge is 0.243 e. The molecule has 0 saturated heterocycles. The third kappa shape index (κ3) is 3.33. The van der Waals surface area contributed by atoms with Gasteiger partial charge in [-0.3, -0.25) is 4.98 Å². The quantitative estimate of drug-likeness (QED) is 0.905. The molecule has 0 saturated carbocycles. The van der Waals surface area contributed by atoms with Crippen molar-refractivity contribution in [1.29, 1.82) is 0 Å². The van der Waals surface area contributed by atoms with Gasteiger partial charge in [0.2, 0.25) is 11.7 Å². The van der Waals surface area contributed by atoms with Gasteiger partial charge in [0.25, 0.3) is 0 Å². The number of pyridine rings is 1. The molecule has 102 valence electrons. The molecule has 1 atom stereocenters. The van der Waals surface area contributed by atoms with Gasteiger partial charge in [-0.15, -0.1) is 0 Å². The van der Waals surface area contributed by atoms with Crippen LogP contribution < -0.4 is 5.73 Å². The van der Waals surface area contributed by atoms with Crippen LogP contribution in [0.3, 0.4) is 0 Å². The molecule has 0 aliphatic rings. The first-order valence-electron chi connectivity index (χ1n) is 6.13. The molecule has 0 fully saturated rings. The second-order valence-corrected chi connectivity index (χ2v) is 5.51. The van der Waals surface area contributed by atoms with E-state index in [1.807, 2.05) is 26.2 Å². The van der Waals surface area contributed by atoms with Crippen LogP contribution >= 0.6 is 11.8 Å². The van der Waals surface area contributed by atoms with Gasteiger partial charge in [-0.1, -0.05) is 11.2 Å². The second kappa shape index (κ2) is 6.16. The minimum atomic E-state index is -0.209. The Morgan fingerprint density at radius 2 is 2.21 bits per heavy atom. The van der Waals surface area contributed by atoms with Crippen LogP contribution in [0.1, 0.15) is 29.5 Å². The highest BCUT2D eigenvalue weighted by Crippen LogP contribution is 2.21. The van der Waals surface area contributed by atoms with Crippen LogP contribution in [0.25, 0.3) is 11.5 Å². The third-order valence-corrected chi connectivity index (χ3v) is 3.46. The summed E-state index contributed by atoms with van der Waals surface area (Å²) in [5.41, 5.74) is 8.90. The molecule has 19 heavy (non-hydrogen) atoms. The Kier molecular flexibility index (Phi) is 4.55. The van der Waals surface area contributed by atoms with Crippen LogP contribution in [0.2, 0.25) is 0 Å². The van der Waals surface area contributed by atoms with Gasteiger partial charge in [0.1, 0.15) is 5.69 Å². The van der Waals surface area contributed by atoms with Crippen LogP contribution in [0.15, 0.2) is 16.8 Å².